The van der Waals surface area contributed by atoms with Gasteiger partial charge in [0.05, 0.1) is 19.3 Å². The number of rotatable bonds is 8. The molecular weight excluding hydrogens is 244 g/mol. The molecule has 0 bridgehead atoms. The molecule has 0 spiro atoms. The van der Waals surface area contributed by atoms with Crippen LogP contribution in [0.1, 0.15) is 12.5 Å². The van der Waals surface area contributed by atoms with Gasteiger partial charge in [-0.15, -0.1) is 0 Å². The Hall–Kier alpha value is -1.43. The summed E-state index contributed by atoms with van der Waals surface area (Å²) in [5, 5.41) is 2.99. The molecule has 0 fully saturated rings. The summed E-state index contributed by atoms with van der Waals surface area (Å²) in [6.45, 7) is 2.51. The minimum absolute atomic E-state index is 0.110. The van der Waals surface area contributed by atoms with E-state index in [-0.39, 0.29) is 12.7 Å². The summed E-state index contributed by atoms with van der Waals surface area (Å²) in [7, 11) is 3.30. The van der Waals surface area contributed by atoms with Crippen molar-refractivity contribution in [2.45, 2.75) is 18.6 Å². The van der Waals surface area contributed by atoms with E-state index in [1.165, 1.54) is 0 Å². The van der Waals surface area contributed by atoms with Crippen molar-refractivity contribution in [2.75, 3.05) is 27.4 Å². The Labute approximate surface area is 114 Å². The molecular formula is C14H22N2O3. The normalized spacial score (nSPS) is 15.7. The molecule has 19 heavy (non-hydrogen) atoms. The third-order valence-corrected chi connectivity index (χ3v) is 3.10. The van der Waals surface area contributed by atoms with Gasteiger partial charge < -0.3 is 20.5 Å². The van der Waals surface area contributed by atoms with Crippen LogP contribution in [0.2, 0.25) is 0 Å². The van der Waals surface area contributed by atoms with Crippen molar-refractivity contribution in [1.82, 2.24) is 5.32 Å². The summed E-state index contributed by atoms with van der Waals surface area (Å²) < 4.78 is 10.7. The molecule has 1 rings (SSSR count). The van der Waals surface area contributed by atoms with Crippen LogP contribution >= 0.6 is 0 Å². The van der Waals surface area contributed by atoms with Gasteiger partial charge in [0, 0.05) is 7.11 Å². The lowest BCUT2D eigenvalue weighted by Gasteiger charge is -2.31. The standard InChI is InChI=1S/C14H22N2O3/c1-11(9-18-3)19-10-14(16-2,13(15)17)12-7-5-4-6-8-12/h4-8,11,16H,9-10H2,1-3H3,(H2,15,17). The molecule has 0 radical (unpaired) electrons. The van der Waals surface area contributed by atoms with E-state index in [1.807, 2.05) is 37.3 Å². The molecule has 3 N–H and O–H groups in total. The van der Waals surface area contributed by atoms with E-state index < -0.39 is 11.4 Å². The minimum Gasteiger partial charge on any atom is -0.382 e. The molecule has 0 saturated heterocycles. The Morgan fingerprint density at radius 1 is 1.42 bits per heavy atom. The summed E-state index contributed by atoms with van der Waals surface area (Å²) in [4.78, 5) is 11.9. The molecule has 1 aromatic rings. The van der Waals surface area contributed by atoms with Gasteiger partial charge in [0.2, 0.25) is 5.91 Å². The van der Waals surface area contributed by atoms with Crippen molar-refractivity contribution in [1.29, 1.82) is 0 Å². The number of nitrogens with two attached hydrogens (primary N) is 1. The van der Waals surface area contributed by atoms with Gasteiger partial charge >= 0.3 is 0 Å². The van der Waals surface area contributed by atoms with Gasteiger partial charge in [-0.3, -0.25) is 4.79 Å². The third-order valence-electron chi connectivity index (χ3n) is 3.10. The average molecular weight is 266 g/mol. The van der Waals surface area contributed by atoms with E-state index in [0.29, 0.717) is 6.61 Å². The zero-order valence-electron chi connectivity index (χ0n) is 11.7. The summed E-state index contributed by atoms with van der Waals surface area (Å²) in [6, 6.07) is 9.32. The number of amides is 1. The molecule has 2 unspecified atom stereocenters. The highest BCUT2D eigenvalue weighted by atomic mass is 16.5. The van der Waals surface area contributed by atoms with Crippen LogP contribution in [0.25, 0.3) is 0 Å². The van der Waals surface area contributed by atoms with E-state index in [2.05, 4.69) is 5.32 Å². The fourth-order valence-corrected chi connectivity index (χ4v) is 1.91. The van der Waals surface area contributed by atoms with Crippen molar-refractivity contribution in [3.8, 4) is 0 Å². The van der Waals surface area contributed by atoms with Crippen molar-refractivity contribution in [2.24, 2.45) is 5.73 Å². The van der Waals surface area contributed by atoms with Crippen molar-refractivity contribution in [3.63, 3.8) is 0 Å². The quantitative estimate of drug-likeness (QED) is 0.724. The Balaban J connectivity index is 2.91. The summed E-state index contributed by atoms with van der Waals surface area (Å²) >= 11 is 0. The lowest BCUT2D eigenvalue weighted by Crippen LogP contribution is -2.55. The van der Waals surface area contributed by atoms with Crippen LogP contribution in [0.15, 0.2) is 30.3 Å². The van der Waals surface area contributed by atoms with E-state index in [0.717, 1.165) is 5.56 Å². The molecule has 0 heterocycles. The summed E-state index contributed by atoms with van der Waals surface area (Å²) in [5.74, 6) is -0.467. The first-order valence-electron chi connectivity index (χ1n) is 6.21. The third kappa shape index (κ3) is 3.76. The predicted octanol–water partition coefficient (Wildman–Crippen LogP) is 0.638. The van der Waals surface area contributed by atoms with Crippen LogP contribution in [-0.4, -0.2) is 39.4 Å². The first kappa shape index (κ1) is 15.6. The Morgan fingerprint density at radius 2 is 2.05 bits per heavy atom. The first-order valence-corrected chi connectivity index (χ1v) is 6.21. The number of hydrogen-bond acceptors (Lipinski definition) is 4. The van der Waals surface area contributed by atoms with Crippen molar-refractivity contribution < 1.29 is 14.3 Å². The van der Waals surface area contributed by atoms with Crippen LogP contribution in [0.3, 0.4) is 0 Å². The molecule has 0 aliphatic rings. The van der Waals surface area contributed by atoms with E-state index in [1.54, 1.807) is 14.2 Å². The monoisotopic (exact) mass is 266 g/mol. The highest BCUT2D eigenvalue weighted by Crippen LogP contribution is 2.21. The van der Waals surface area contributed by atoms with Crippen molar-refractivity contribution in [3.05, 3.63) is 35.9 Å². The number of nitrogens with one attached hydrogen (secondary N) is 1. The molecule has 1 amide bonds. The van der Waals surface area contributed by atoms with Gasteiger partial charge in [-0.2, -0.15) is 0 Å². The highest BCUT2D eigenvalue weighted by molar-refractivity contribution is 5.86. The number of ether oxygens (including phenoxy) is 2. The van der Waals surface area contributed by atoms with Crippen LogP contribution in [-0.2, 0) is 19.8 Å². The number of carbonyl (C=O) groups is 1. The molecule has 2 atom stereocenters. The van der Waals surface area contributed by atoms with Crippen LogP contribution in [0, 0.1) is 0 Å². The van der Waals surface area contributed by atoms with E-state index in [9.17, 15) is 4.79 Å². The molecule has 5 heteroatoms. The SMILES string of the molecule is CNC(COC(C)COC)(C(N)=O)c1ccccc1. The van der Waals surface area contributed by atoms with Crippen LogP contribution < -0.4 is 11.1 Å². The zero-order chi connectivity index (χ0) is 14.3. The van der Waals surface area contributed by atoms with Gasteiger partial charge in [0.25, 0.3) is 0 Å². The highest BCUT2D eigenvalue weighted by Gasteiger charge is 2.37. The molecule has 0 aliphatic carbocycles. The fourth-order valence-electron chi connectivity index (χ4n) is 1.91. The molecule has 106 valence electrons. The lowest BCUT2D eigenvalue weighted by molar-refractivity contribution is -0.129. The van der Waals surface area contributed by atoms with Gasteiger partial charge in [-0.05, 0) is 19.5 Å². The number of carbonyl (C=O) groups excluding carboxylic acids is 1. The molecule has 1 aromatic carbocycles. The maximum Gasteiger partial charge on any atom is 0.244 e. The van der Waals surface area contributed by atoms with Crippen LogP contribution in [0.5, 0.6) is 0 Å². The molecule has 5 nitrogen and oxygen atoms in total. The number of methoxy groups -OCH3 is 1. The fraction of sp³-hybridized carbons (Fsp3) is 0.500. The molecule has 0 aromatic heterocycles. The lowest BCUT2D eigenvalue weighted by atomic mass is 9.90. The Morgan fingerprint density at radius 3 is 2.53 bits per heavy atom. The number of benzene rings is 1. The smallest absolute Gasteiger partial charge is 0.244 e. The van der Waals surface area contributed by atoms with E-state index >= 15 is 0 Å². The topological polar surface area (TPSA) is 73.6 Å². The summed E-state index contributed by atoms with van der Waals surface area (Å²) in [5.41, 5.74) is 5.32. The maximum atomic E-state index is 11.9. The van der Waals surface area contributed by atoms with E-state index in [4.69, 9.17) is 15.2 Å². The second kappa shape index (κ2) is 7.23. The summed E-state index contributed by atoms with van der Waals surface area (Å²) in [6.07, 6.45) is -0.110. The zero-order valence-corrected chi connectivity index (χ0v) is 11.7. The van der Waals surface area contributed by atoms with Crippen molar-refractivity contribution >= 4 is 5.91 Å². The largest absolute Gasteiger partial charge is 0.382 e. The average Bonchev–Trinajstić information content (AvgIpc) is 2.41. The number of hydrogen-bond donors (Lipinski definition) is 2. The second-order valence-electron chi connectivity index (χ2n) is 4.46. The Bertz CT molecular complexity index is 397. The van der Waals surface area contributed by atoms with Gasteiger partial charge in [0.15, 0.2) is 0 Å². The molecule has 0 aliphatic heterocycles. The second-order valence-corrected chi connectivity index (χ2v) is 4.46. The molecule has 0 saturated carbocycles. The number of primary amides is 1. The van der Waals surface area contributed by atoms with Crippen LogP contribution in [0.4, 0.5) is 0 Å². The first-order chi connectivity index (χ1) is 9.06. The Kier molecular flexibility index (Phi) is 5.95. The van der Waals surface area contributed by atoms with Gasteiger partial charge in [-0.25, -0.2) is 0 Å². The van der Waals surface area contributed by atoms with Gasteiger partial charge in [0.1, 0.15) is 5.54 Å². The minimum atomic E-state index is -1.02. The number of likely N-dealkylation sites (N-methyl/N-ethyl adjacent to an activating group) is 1. The predicted molar refractivity (Wildman–Crippen MR) is 73.7 cm³/mol. The maximum absolute atomic E-state index is 11.9. The van der Waals surface area contributed by atoms with Gasteiger partial charge in [-0.1, -0.05) is 30.3 Å².